The lowest BCUT2D eigenvalue weighted by molar-refractivity contribution is -0.118. The van der Waals surface area contributed by atoms with Crippen molar-refractivity contribution in [2.24, 2.45) is 5.73 Å². The Labute approximate surface area is 125 Å². The van der Waals surface area contributed by atoms with Gasteiger partial charge in [-0.25, -0.2) is 4.39 Å². The molecule has 0 saturated heterocycles. The summed E-state index contributed by atoms with van der Waals surface area (Å²) < 4.78 is 18.3. The van der Waals surface area contributed by atoms with Gasteiger partial charge >= 0.3 is 0 Å². The van der Waals surface area contributed by atoms with Crippen molar-refractivity contribution in [3.05, 3.63) is 40.7 Å². The molecule has 8 heteroatoms. The van der Waals surface area contributed by atoms with Gasteiger partial charge in [-0.2, -0.15) is 0 Å². The van der Waals surface area contributed by atoms with Crippen molar-refractivity contribution < 1.29 is 13.9 Å². The van der Waals surface area contributed by atoms with Crippen LogP contribution in [0.2, 0.25) is 0 Å². The van der Waals surface area contributed by atoms with Gasteiger partial charge in [-0.3, -0.25) is 10.1 Å². The maximum atomic E-state index is 13.5. The number of aromatic nitrogens is 2. The van der Waals surface area contributed by atoms with Gasteiger partial charge in [0, 0.05) is 13.5 Å². The van der Waals surface area contributed by atoms with Gasteiger partial charge in [-0.05, 0) is 11.6 Å². The summed E-state index contributed by atoms with van der Waals surface area (Å²) in [6.07, 6.45) is 0.324. The summed E-state index contributed by atoms with van der Waals surface area (Å²) in [5.41, 5.74) is 6.13. The van der Waals surface area contributed by atoms with E-state index in [-0.39, 0.29) is 12.4 Å². The van der Waals surface area contributed by atoms with Gasteiger partial charge in [-0.1, -0.05) is 29.5 Å². The molecular formula is C13H15FN4O2S. The quantitative estimate of drug-likeness (QED) is 0.836. The molecule has 2 rings (SSSR count). The summed E-state index contributed by atoms with van der Waals surface area (Å²) in [6.45, 7) is 0.118. The third-order valence-electron chi connectivity index (χ3n) is 2.68. The lowest BCUT2D eigenvalue weighted by Crippen LogP contribution is -2.39. The van der Waals surface area contributed by atoms with Crippen LogP contribution in [0.25, 0.3) is 0 Å². The number of rotatable bonds is 6. The highest BCUT2D eigenvalue weighted by molar-refractivity contribution is 7.15. The molecule has 1 aromatic heterocycles. The summed E-state index contributed by atoms with van der Waals surface area (Å²) in [4.78, 5) is 11.7. The van der Waals surface area contributed by atoms with Gasteiger partial charge in [0.1, 0.15) is 16.9 Å². The normalized spacial score (nSPS) is 12.1. The monoisotopic (exact) mass is 310 g/mol. The maximum absolute atomic E-state index is 13.5. The van der Waals surface area contributed by atoms with E-state index in [4.69, 9.17) is 10.5 Å². The largest absolute Gasteiger partial charge is 0.383 e. The van der Waals surface area contributed by atoms with Crippen LogP contribution in [0.3, 0.4) is 0 Å². The number of nitrogens with zero attached hydrogens (tertiary/aromatic N) is 2. The molecule has 3 N–H and O–H groups in total. The molecule has 0 radical (unpaired) electrons. The van der Waals surface area contributed by atoms with Crippen molar-refractivity contribution in [2.45, 2.75) is 12.5 Å². The zero-order chi connectivity index (χ0) is 15.2. The topological polar surface area (TPSA) is 90.1 Å². The number of hydrogen-bond acceptors (Lipinski definition) is 6. The number of carbonyl (C=O) groups excluding carboxylic acids is 1. The Morgan fingerprint density at radius 3 is 2.95 bits per heavy atom. The van der Waals surface area contributed by atoms with Crippen LogP contribution in [-0.4, -0.2) is 35.9 Å². The van der Waals surface area contributed by atoms with E-state index in [0.29, 0.717) is 22.1 Å². The fraction of sp³-hybridized carbons (Fsp3) is 0.308. The summed E-state index contributed by atoms with van der Waals surface area (Å²) in [5.74, 6) is -0.689. The number of methoxy groups -OCH3 is 1. The second-order valence-electron chi connectivity index (χ2n) is 4.32. The molecule has 1 unspecified atom stereocenters. The van der Waals surface area contributed by atoms with E-state index in [0.717, 1.165) is 0 Å². The first-order valence-electron chi connectivity index (χ1n) is 6.21. The molecule has 112 valence electrons. The van der Waals surface area contributed by atoms with Crippen LogP contribution < -0.4 is 11.1 Å². The molecule has 0 saturated carbocycles. The summed E-state index contributed by atoms with van der Waals surface area (Å²) in [5, 5.41) is 11.3. The molecule has 1 heterocycles. The van der Waals surface area contributed by atoms with E-state index >= 15 is 0 Å². The highest BCUT2D eigenvalue weighted by atomic mass is 32.1. The summed E-state index contributed by atoms with van der Waals surface area (Å²) in [6, 6.07) is 5.69. The number of ether oxygens (including phenoxy) is 1. The van der Waals surface area contributed by atoms with Crippen LogP contribution in [0.15, 0.2) is 24.3 Å². The minimum Gasteiger partial charge on any atom is -0.383 e. The maximum Gasteiger partial charge on any atom is 0.245 e. The van der Waals surface area contributed by atoms with Gasteiger partial charge in [0.05, 0.1) is 6.61 Å². The Morgan fingerprint density at radius 2 is 2.24 bits per heavy atom. The van der Waals surface area contributed by atoms with Crippen LogP contribution in [0.1, 0.15) is 10.6 Å². The first-order chi connectivity index (χ1) is 10.1. The van der Waals surface area contributed by atoms with Crippen LogP contribution in [0, 0.1) is 5.82 Å². The predicted octanol–water partition coefficient (Wildman–Crippen LogP) is 1.18. The number of nitrogens with one attached hydrogen (secondary N) is 1. The summed E-state index contributed by atoms with van der Waals surface area (Å²) in [7, 11) is 1.46. The van der Waals surface area contributed by atoms with Gasteiger partial charge in [-0.15, -0.1) is 10.2 Å². The number of hydrogen-bond donors (Lipinski definition) is 2. The smallest absolute Gasteiger partial charge is 0.245 e. The van der Waals surface area contributed by atoms with Crippen LogP contribution in [0.4, 0.5) is 9.52 Å². The van der Waals surface area contributed by atoms with E-state index in [2.05, 4.69) is 15.5 Å². The van der Waals surface area contributed by atoms with Gasteiger partial charge in [0.2, 0.25) is 11.0 Å². The Bertz CT molecular complexity index is 620. The Balaban J connectivity index is 1.99. The van der Waals surface area contributed by atoms with Crippen LogP contribution in [0.5, 0.6) is 0 Å². The molecule has 0 bridgehead atoms. The van der Waals surface area contributed by atoms with E-state index < -0.39 is 11.9 Å². The molecule has 1 atom stereocenters. The Hall–Kier alpha value is -1.90. The molecular weight excluding hydrogens is 295 g/mol. The second-order valence-corrected chi connectivity index (χ2v) is 5.38. The number of carbonyl (C=O) groups is 1. The lowest BCUT2D eigenvalue weighted by atomic mass is 10.1. The number of nitrogens with two attached hydrogens (primary N) is 1. The first kappa shape index (κ1) is 15.5. The minimum atomic E-state index is -0.770. The predicted molar refractivity (Wildman–Crippen MR) is 77.6 cm³/mol. The van der Waals surface area contributed by atoms with Gasteiger partial charge < -0.3 is 10.5 Å². The second kappa shape index (κ2) is 7.21. The van der Waals surface area contributed by atoms with Crippen molar-refractivity contribution in [1.29, 1.82) is 0 Å². The molecule has 0 fully saturated rings. The van der Waals surface area contributed by atoms with Crippen molar-refractivity contribution in [3.63, 3.8) is 0 Å². The molecule has 21 heavy (non-hydrogen) atoms. The highest BCUT2D eigenvalue weighted by Gasteiger charge is 2.16. The van der Waals surface area contributed by atoms with E-state index in [9.17, 15) is 9.18 Å². The first-order valence-corrected chi connectivity index (χ1v) is 7.03. The fourth-order valence-corrected chi connectivity index (χ4v) is 2.40. The standard InChI is InChI=1S/C13H15FN4O2S/c1-20-7-10(15)12(19)16-13-18-17-11(21-13)6-8-4-2-3-5-9(8)14/h2-5,10H,6-7,15H2,1H3,(H,16,18,19). The minimum absolute atomic E-state index is 0.118. The summed E-state index contributed by atoms with van der Waals surface area (Å²) >= 11 is 1.18. The zero-order valence-corrected chi connectivity index (χ0v) is 12.2. The average Bonchev–Trinajstić information content (AvgIpc) is 2.89. The van der Waals surface area contributed by atoms with Crippen LogP contribution in [-0.2, 0) is 16.0 Å². The number of amides is 1. The Kier molecular flexibility index (Phi) is 5.32. The fourth-order valence-electron chi connectivity index (χ4n) is 1.63. The van der Waals surface area contributed by atoms with Crippen molar-refractivity contribution in [2.75, 3.05) is 19.0 Å². The Morgan fingerprint density at radius 1 is 1.48 bits per heavy atom. The molecule has 2 aromatic rings. The van der Waals surface area contributed by atoms with E-state index in [1.54, 1.807) is 18.2 Å². The zero-order valence-electron chi connectivity index (χ0n) is 11.4. The van der Waals surface area contributed by atoms with Crippen molar-refractivity contribution >= 4 is 22.4 Å². The molecule has 6 nitrogen and oxygen atoms in total. The number of halogens is 1. The molecule has 0 aliphatic heterocycles. The number of anilines is 1. The average molecular weight is 310 g/mol. The molecule has 0 spiro atoms. The molecule has 1 amide bonds. The highest BCUT2D eigenvalue weighted by Crippen LogP contribution is 2.19. The van der Waals surface area contributed by atoms with Gasteiger partial charge in [0.15, 0.2) is 0 Å². The lowest BCUT2D eigenvalue weighted by Gasteiger charge is -2.08. The number of benzene rings is 1. The van der Waals surface area contributed by atoms with E-state index in [1.165, 1.54) is 24.5 Å². The SMILES string of the molecule is COCC(N)C(=O)Nc1nnc(Cc2ccccc2F)s1. The van der Waals surface area contributed by atoms with E-state index in [1.807, 2.05) is 0 Å². The molecule has 0 aliphatic carbocycles. The molecule has 0 aliphatic rings. The third kappa shape index (κ3) is 4.28. The van der Waals surface area contributed by atoms with Crippen molar-refractivity contribution in [1.82, 2.24) is 10.2 Å². The molecule has 1 aromatic carbocycles. The van der Waals surface area contributed by atoms with Crippen LogP contribution >= 0.6 is 11.3 Å². The van der Waals surface area contributed by atoms with Crippen molar-refractivity contribution in [3.8, 4) is 0 Å². The third-order valence-corrected chi connectivity index (χ3v) is 3.52. The van der Waals surface area contributed by atoms with Gasteiger partial charge in [0.25, 0.3) is 0 Å².